The van der Waals surface area contributed by atoms with Crippen molar-refractivity contribution in [3.63, 3.8) is 0 Å². The largest absolute Gasteiger partial charge is 0.435 e. The molecule has 0 aromatic carbocycles. The Kier molecular flexibility index (Phi) is 6.97. The highest BCUT2D eigenvalue weighted by Crippen LogP contribution is 2.35. The van der Waals surface area contributed by atoms with E-state index in [0.29, 0.717) is 12.1 Å². The fraction of sp³-hybridized carbons (Fsp3) is 0.333. The Morgan fingerprint density at radius 3 is 2.69 bits per heavy atom. The Morgan fingerprint density at radius 2 is 2.03 bits per heavy atom. The Balaban J connectivity index is 2.21. The smallest absolute Gasteiger partial charge is 0.387 e. The van der Waals surface area contributed by atoms with Gasteiger partial charge in [0, 0.05) is 42.9 Å². The van der Waals surface area contributed by atoms with E-state index in [4.69, 9.17) is 16.9 Å². The van der Waals surface area contributed by atoms with Crippen LogP contribution >= 0.6 is 0 Å². The number of aliphatic imine (C=N–C) groups is 2. The zero-order valence-electron chi connectivity index (χ0n) is 16.1. The number of aryl methyl sites for hydroxylation is 1. The number of hydrogen-bond acceptors (Lipinski definition) is 5. The van der Waals surface area contributed by atoms with Crippen LogP contribution in [0, 0.1) is 5.41 Å². The van der Waals surface area contributed by atoms with Crippen LogP contribution in [0.15, 0.2) is 46.3 Å². The fourth-order valence-electron chi connectivity index (χ4n) is 2.51. The highest BCUT2D eigenvalue weighted by atomic mass is 19.4. The monoisotopic (exact) mass is 408 g/mol. The number of guanidine groups is 1. The number of amidine groups is 1. The van der Waals surface area contributed by atoms with Crippen molar-refractivity contribution in [3.8, 4) is 0 Å². The molecule has 6 N–H and O–H groups in total. The third-order valence-electron chi connectivity index (χ3n) is 3.76. The topological polar surface area (TPSA) is 130 Å². The van der Waals surface area contributed by atoms with Crippen LogP contribution in [0.2, 0.25) is 0 Å². The molecule has 11 heteroatoms. The molecule has 2 heterocycles. The van der Waals surface area contributed by atoms with E-state index in [1.165, 1.54) is 13.2 Å². The molecule has 0 atom stereocenters. The second-order valence-electron chi connectivity index (χ2n) is 6.37. The quantitative estimate of drug-likeness (QED) is 0.425. The molecular weight excluding hydrogens is 385 g/mol. The van der Waals surface area contributed by atoms with E-state index in [-0.39, 0.29) is 41.7 Å². The Morgan fingerprint density at radius 1 is 1.34 bits per heavy atom. The molecule has 0 saturated carbocycles. The predicted octanol–water partition coefficient (Wildman–Crippen LogP) is 2.31. The van der Waals surface area contributed by atoms with Crippen molar-refractivity contribution in [3.05, 3.63) is 47.6 Å². The van der Waals surface area contributed by atoms with Crippen LogP contribution in [0.25, 0.3) is 5.57 Å². The van der Waals surface area contributed by atoms with Crippen LogP contribution in [-0.4, -0.2) is 33.8 Å². The molecule has 0 aliphatic carbocycles. The van der Waals surface area contributed by atoms with Gasteiger partial charge in [-0.05, 0) is 6.92 Å². The normalized spacial score (nSPS) is 17.1. The van der Waals surface area contributed by atoms with E-state index < -0.39 is 11.9 Å². The van der Waals surface area contributed by atoms with Crippen molar-refractivity contribution >= 4 is 23.1 Å². The lowest BCUT2D eigenvalue weighted by molar-refractivity contribution is -0.141. The van der Waals surface area contributed by atoms with Gasteiger partial charge in [-0.3, -0.25) is 4.68 Å². The molecule has 1 aromatic rings. The minimum atomic E-state index is -4.63. The van der Waals surface area contributed by atoms with Gasteiger partial charge in [-0.25, -0.2) is 9.98 Å². The first-order chi connectivity index (χ1) is 13.6. The van der Waals surface area contributed by atoms with Crippen molar-refractivity contribution < 1.29 is 13.2 Å². The van der Waals surface area contributed by atoms with Gasteiger partial charge in [0.2, 0.25) is 5.96 Å². The van der Waals surface area contributed by atoms with E-state index in [1.54, 1.807) is 25.2 Å². The maximum absolute atomic E-state index is 13.3. The summed E-state index contributed by atoms with van der Waals surface area (Å²) in [4.78, 5) is 8.28. The maximum atomic E-state index is 13.3. The first-order valence-corrected chi connectivity index (χ1v) is 8.68. The van der Waals surface area contributed by atoms with Gasteiger partial charge in [-0.1, -0.05) is 24.3 Å². The van der Waals surface area contributed by atoms with Crippen molar-refractivity contribution in [2.75, 3.05) is 6.54 Å². The number of allylic oxidation sites excluding steroid dienone is 3. The first kappa shape index (κ1) is 21.9. The zero-order chi connectivity index (χ0) is 21.6. The molecule has 0 unspecified atom stereocenters. The van der Waals surface area contributed by atoms with Crippen LogP contribution < -0.4 is 16.8 Å². The van der Waals surface area contributed by atoms with E-state index in [1.807, 2.05) is 6.08 Å². The lowest BCUT2D eigenvalue weighted by atomic mass is 10.0. The molecule has 0 amide bonds. The van der Waals surface area contributed by atoms with Crippen molar-refractivity contribution in [2.24, 2.45) is 28.5 Å². The van der Waals surface area contributed by atoms with Gasteiger partial charge < -0.3 is 22.2 Å². The molecule has 0 saturated heterocycles. The Hall–Kier alpha value is -3.37. The number of aromatic nitrogens is 2. The molecule has 8 nitrogen and oxygen atoms in total. The van der Waals surface area contributed by atoms with Crippen molar-refractivity contribution in [1.82, 2.24) is 15.1 Å². The number of alkyl halides is 3. The van der Waals surface area contributed by atoms with Crippen LogP contribution in [0.5, 0.6) is 0 Å². The van der Waals surface area contributed by atoms with Crippen LogP contribution in [0.4, 0.5) is 13.2 Å². The summed E-state index contributed by atoms with van der Waals surface area (Å²) in [5.74, 6) is 0.169. The second-order valence-corrected chi connectivity index (χ2v) is 6.37. The average molecular weight is 408 g/mol. The maximum Gasteiger partial charge on any atom is 0.435 e. The Labute approximate surface area is 166 Å². The fourth-order valence-corrected chi connectivity index (χ4v) is 2.51. The van der Waals surface area contributed by atoms with E-state index in [0.717, 1.165) is 4.68 Å². The number of nitrogens with two attached hydrogens (primary N) is 2. The highest BCUT2D eigenvalue weighted by molar-refractivity contribution is 6.03. The van der Waals surface area contributed by atoms with Crippen LogP contribution in [-0.2, 0) is 13.2 Å². The Bertz CT molecular complexity index is 916. The minimum absolute atomic E-state index is 0.0169. The predicted molar refractivity (Wildman–Crippen MR) is 107 cm³/mol. The van der Waals surface area contributed by atoms with Gasteiger partial charge in [0.15, 0.2) is 5.69 Å². The van der Waals surface area contributed by atoms with Gasteiger partial charge in [0.1, 0.15) is 11.7 Å². The summed E-state index contributed by atoms with van der Waals surface area (Å²) in [5, 5.41) is 13.5. The molecule has 1 aliphatic heterocycles. The molecule has 1 aromatic heterocycles. The van der Waals surface area contributed by atoms with Gasteiger partial charge >= 0.3 is 6.18 Å². The molecule has 2 rings (SSSR count). The number of nitrogens with zero attached hydrogens (tertiary/aromatic N) is 4. The summed E-state index contributed by atoms with van der Waals surface area (Å²) in [6.07, 6.45) is 4.26. The van der Waals surface area contributed by atoms with Gasteiger partial charge in [0.25, 0.3) is 0 Å². The minimum Gasteiger partial charge on any atom is -0.387 e. The van der Waals surface area contributed by atoms with Crippen molar-refractivity contribution in [1.29, 1.82) is 5.41 Å². The SMILES string of the molecule is CC(=N)C/C=C\C=C/CN=C1N=C(N)CC(c2cn(C)nc2C(F)(F)F)=C(N)N1. The molecule has 0 bridgehead atoms. The van der Waals surface area contributed by atoms with Gasteiger partial charge in [-0.15, -0.1) is 0 Å². The zero-order valence-corrected chi connectivity index (χ0v) is 16.1. The lowest BCUT2D eigenvalue weighted by Crippen LogP contribution is -2.27. The van der Waals surface area contributed by atoms with E-state index in [2.05, 4.69) is 20.4 Å². The molecule has 0 spiro atoms. The summed E-state index contributed by atoms with van der Waals surface area (Å²) < 4.78 is 40.9. The summed E-state index contributed by atoms with van der Waals surface area (Å²) in [5.41, 5.74) is 11.4. The standard InChI is InChI=1S/C18H23F3N8/c1-11(22)7-5-3-4-6-8-25-17-26-14(23)9-12(16(24)27-17)13-10-29(2)28-15(13)18(19,20)21/h3-6,10,22H,7-9,24H2,1-2H3,(H3,23,25,26,27)/b5-3-,6-4-,22-11?. The number of rotatable bonds is 6. The summed E-state index contributed by atoms with van der Waals surface area (Å²) >= 11 is 0. The van der Waals surface area contributed by atoms with Crippen LogP contribution in [0.1, 0.15) is 31.0 Å². The van der Waals surface area contributed by atoms with E-state index >= 15 is 0 Å². The first-order valence-electron chi connectivity index (χ1n) is 8.68. The highest BCUT2D eigenvalue weighted by Gasteiger charge is 2.38. The van der Waals surface area contributed by atoms with Gasteiger partial charge in [-0.2, -0.15) is 18.3 Å². The summed E-state index contributed by atoms with van der Waals surface area (Å²) in [6, 6.07) is 0. The molecule has 0 fully saturated rings. The number of halogens is 3. The average Bonchev–Trinajstić information content (AvgIpc) is 2.93. The third-order valence-corrected chi connectivity index (χ3v) is 3.76. The molecule has 156 valence electrons. The van der Waals surface area contributed by atoms with Crippen LogP contribution in [0.3, 0.4) is 0 Å². The molecule has 0 radical (unpaired) electrons. The molecular formula is C18H23F3N8. The lowest BCUT2D eigenvalue weighted by Gasteiger charge is -2.11. The molecule has 29 heavy (non-hydrogen) atoms. The van der Waals surface area contributed by atoms with E-state index in [9.17, 15) is 13.2 Å². The third kappa shape index (κ3) is 6.33. The summed E-state index contributed by atoms with van der Waals surface area (Å²) in [6.45, 7) is 1.98. The van der Waals surface area contributed by atoms with Crippen molar-refractivity contribution in [2.45, 2.75) is 25.9 Å². The van der Waals surface area contributed by atoms with Gasteiger partial charge in [0.05, 0.1) is 6.54 Å². The second kappa shape index (κ2) is 9.22. The summed E-state index contributed by atoms with van der Waals surface area (Å²) in [7, 11) is 1.40. The number of nitrogens with one attached hydrogen (secondary N) is 2. The molecule has 1 aliphatic rings. The number of hydrogen-bond donors (Lipinski definition) is 4.